The molecule has 96 valence electrons. The molecule has 0 aromatic carbocycles. The van der Waals surface area contributed by atoms with Gasteiger partial charge in [0.2, 0.25) is 0 Å². The first-order chi connectivity index (χ1) is 8.22. The minimum atomic E-state index is 0.463. The van der Waals surface area contributed by atoms with Gasteiger partial charge in [0.1, 0.15) is 11.6 Å². The standard InChI is InChI=1S/C13H23N3O/c1-5-11(2)16(9-10-17-4)13-8-6-7-12(14-3)15-13/h6-8,11H,5,9-10H2,1-4H3,(H,14,15). The monoisotopic (exact) mass is 237 g/mol. The Morgan fingerprint density at radius 2 is 2.24 bits per heavy atom. The highest BCUT2D eigenvalue weighted by Gasteiger charge is 2.14. The van der Waals surface area contributed by atoms with E-state index in [-0.39, 0.29) is 0 Å². The Hall–Kier alpha value is -1.29. The van der Waals surface area contributed by atoms with Crippen LogP contribution in [-0.4, -0.2) is 38.3 Å². The summed E-state index contributed by atoms with van der Waals surface area (Å²) >= 11 is 0. The second-order valence-electron chi connectivity index (χ2n) is 4.07. The number of methoxy groups -OCH3 is 1. The van der Waals surface area contributed by atoms with Crippen molar-refractivity contribution < 1.29 is 4.74 Å². The molecular weight excluding hydrogens is 214 g/mol. The normalized spacial score (nSPS) is 12.2. The quantitative estimate of drug-likeness (QED) is 0.790. The van der Waals surface area contributed by atoms with Crippen molar-refractivity contribution in [3.05, 3.63) is 18.2 Å². The number of pyridine rings is 1. The van der Waals surface area contributed by atoms with Crippen LogP contribution in [0.4, 0.5) is 11.6 Å². The van der Waals surface area contributed by atoms with Crippen molar-refractivity contribution in [3.8, 4) is 0 Å². The third-order valence-electron chi connectivity index (χ3n) is 2.94. The van der Waals surface area contributed by atoms with Crippen molar-refractivity contribution in [3.63, 3.8) is 0 Å². The minimum absolute atomic E-state index is 0.463. The van der Waals surface area contributed by atoms with Gasteiger partial charge in [-0.1, -0.05) is 13.0 Å². The van der Waals surface area contributed by atoms with Crippen LogP contribution in [0, 0.1) is 0 Å². The molecule has 1 rings (SSSR count). The molecule has 0 bridgehead atoms. The Balaban J connectivity index is 2.86. The summed E-state index contributed by atoms with van der Waals surface area (Å²) < 4.78 is 5.16. The molecule has 1 aromatic rings. The van der Waals surface area contributed by atoms with Gasteiger partial charge in [-0.3, -0.25) is 0 Å². The van der Waals surface area contributed by atoms with E-state index in [4.69, 9.17) is 4.74 Å². The number of nitrogens with zero attached hydrogens (tertiary/aromatic N) is 2. The molecule has 0 radical (unpaired) electrons. The summed E-state index contributed by atoms with van der Waals surface area (Å²) in [7, 11) is 3.61. The maximum Gasteiger partial charge on any atom is 0.131 e. The molecule has 0 saturated carbocycles. The molecule has 0 amide bonds. The summed E-state index contributed by atoms with van der Waals surface area (Å²) in [5.41, 5.74) is 0. The zero-order valence-corrected chi connectivity index (χ0v) is 11.2. The maximum absolute atomic E-state index is 5.16. The van der Waals surface area contributed by atoms with E-state index in [0.29, 0.717) is 6.04 Å². The molecule has 1 N–H and O–H groups in total. The lowest BCUT2D eigenvalue weighted by atomic mass is 10.2. The summed E-state index contributed by atoms with van der Waals surface area (Å²) in [6.45, 7) is 5.98. The Morgan fingerprint density at radius 3 is 2.82 bits per heavy atom. The second-order valence-corrected chi connectivity index (χ2v) is 4.07. The van der Waals surface area contributed by atoms with E-state index in [1.165, 1.54) is 0 Å². The van der Waals surface area contributed by atoms with Crippen molar-refractivity contribution in [2.24, 2.45) is 0 Å². The summed E-state index contributed by atoms with van der Waals surface area (Å²) in [6, 6.07) is 6.50. The van der Waals surface area contributed by atoms with Gasteiger partial charge in [0.15, 0.2) is 0 Å². The van der Waals surface area contributed by atoms with Crippen LogP contribution in [0.1, 0.15) is 20.3 Å². The zero-order valence-electron chi connectivity index (χ0n) is 11.2. The Bertz CT molecular complexity index is 330. The van der Waals surface area contributed by atoms with Gasteiger partial charge in [0.05, 0.1) is 6.61 Å². The molecular formula is C13H23N3O. The minimum Gasteiger partial charge on any atom is -0.383 e. The Kier molecular flexibility index (Phi) is 5.77. The molecule has 4 heteroatoms. The van der Waals surface area contributed by atoms with E-state index < -0.39 is 0 Å². The fourth-order valence-corrected chi connectivity index (χ4v) is 1.69. The van der Waals surface area contributed by atoms with Crippen LogP contribution in [0.2, 0.25) is 0 Å². The van der Waals surface area contributed by atoms with Crippen molar-refractivity contribution >= 4 is 11.6 Å². The topological polar surface area (TPSA) is 37.4 Å². The largest absolute Gasteiger partial charge is 0.383 e. The van der Waals surface area contributed by atoms with Crippen molar-refractivity contribution in [1.29, 1.82) is 0 Å². The van der Waals surface area contributed by atoms with Gasteiger partial charge >= 0.3 is 0 Å². The number of rotatable bonds is 7. The van der Waals surface area contributed by atoms with Gasteiger partial charge in [-0.2, -0.15) is 0 Å². The molecule has 17 heavy (non-hydrogen) atoms. The SMILES string of the molecule is CCC(C)N(CCOC)c1cccc(NC)n1. The lowest BCUT2D eigenvalue weighted by Crippen LogP contribution is -2.36. The predicted octanol–water partition coefficient (Wildman–Crippen LogP) is 2.37. The average Bonchev–Trinajstić information content (AvgIpc) is 2.39. The smallest absolute Gasteiger partial charge is 0.131 e. The molecule has 0 fully saturated rings. The van der Waals surface area contributed by atoms with Gasteiger partial charge < -0.3 is 15.0 Å². The van der Waals surface area contributed by atoms with Crippen LogP contribution in [0.3, 0.4) is 0 Å². The van der Waals surface area contributed by atoms with E-state index in [9.17, 15) is 0 Å². The molecule has 0 aliphatic carbocycles. The van der Waals surface area contributed by atoms with E-state index in [1.54, 1.807) is 7.11 Å². The number of hydrogen-bond acceptors (Lipinski definition) is 4. The number of ether oxygens (including phenoxy) is 1. The molecule has 0 aliphatic rings. The predicted molar refractivity (Wildman–Crippen MR) is 72.8 cm³/mol. The van der Waals surface area contributed by atoms with Gasteiger partial charge in [0.25, 0.3) is 0 Å². The van der Waals surface area contributed by atoms with E-state index >= 15 is 0 Å². The lowest BCUT2D eigenvalue weighted by Gasteiger charge is -2.29. The zero-order chi connectivity index (χ0) is 12.7. The maximum atomic E-state index is 5.16. The highest BCUT2D eigenvalue weighted by molar-refractivity contribution is 5.47. The first kappa shape index (κ1) is 13.8. The number of anilines is 2. The summed E-state index contributed by atoms with van der Waals surface area (Å²) in [5.74, 6) is 1.90. The third kappa shape index (κ3) is 3.89. The van der Waals surface area contributed by atoms with Gasteiger partial charge in [-0.15, -0.1) is 0 Å². The average molecular weight is 237 g/mol. The van der Waals surface area contributed by atoms with E-state index in [1.807, 2.05) is 25.2 Å². The van der Waals surface area contributed by atoms with Gasteiger partial charge in [0, 0.05) is 26.7 Å². The van der Waals surface area contributed by atoms with Crippen LogP contribution in [0.5, 0.6) is 0 Å². The lowest BCUT2D eigenvalue weighted by molar-refractivity contribution is 0.203. The fourth-order valence-electron chi connectivity index (χ4n) is 1.69. The van der Waals surface area contributed by atoms with Crippen LogP contribution in [0.25, 0.3) is 0 Å². The number of nitrogens with one attached hydrogen (secondary N) is 1. The van der Waals surface area contributed by atoms with E-state index in [0.717, 1.165) is 31.2 Å². The number of hydrogen-bond donors (Lipinski definition) is 1. The molecule has 0 saturated heterocycles. The first-order valence-corrected chi connectivity index (χ1v) is 6.13. The fraction of sp³-hybridized carbons (Fsp3) is 0.615. The van der Waals surface area contributed by atoms with Crippen molar-refractivity contribution in [1.82, 2.24) is 4.98 Å². The van der Waals surface area contributed by atoms with Crippen LogP contribution >= 0.6 is 0 Å². The Labute approximate surface area is 104 Å². The third-order valence-corrected chi connectivity index (χ3v) is 2.94. The molecule has 4 nitrogen and oxygen atoms in total. The van der Waals surface area contributed by atoms with Crippen LogP contribution in [-0.2, 0) is 4.74 Å². The van der Waals surface area contributed by atoms with Gasteiger partial charge in [-0.25, -0.2) is 4.98 Å². The molecule has 1 heterocycles. The molecule has 1 atom stereocenters. The van der Waals surface area contributed by atoms with E-state index in [2.05, 4.69) is 29.0 Å². The highest BCUT2D eigenvalue weighted by Crippen LogP contribution is 2.17. The molecule has 1 aromatic heterocycles. The summed E-state index contributed by atoms with van der Waals surface area (Å²) in [4.78, 5) is 6.85. The molecule has 0 spiro atoms. The van der Waals surface area contributed by atoms with Gasteiger partial charge in [-0.05, 0) is 25.5 Å². The molecule has 0 aliphatic heterocycles. The highest BCUT2D eigenvalue weighted by atomic mass is 16.5. The second kappa shape index (κ2) is 7.12. The van der Waals surface area contributed by atoms with Crippen molar-refractivity contribution in [2.75, 3.05) is 37.5 Å². The van der Waals surface area contributed by atoms with Crippen molar-refractivity contribution in [2.45, 2.75) is 26.3 Å². The molecule has 1 unspecified atom stereocenters. The van der Waals surface area contributed by atoms with Crippen LogP contribution in [0.15, 0.2) is 18.2 Å². The summed E-state index contributed by atoms with van der Waals surface area (Å²) in [6.07, 6.45) is 1.09. The summed E-state index contributed by atoms with van der Waals surface area (Å²) in [5, 5.41) is 3.07. The number of aromatic nitrogens is 1. The first-order valence-electron chi connectivity index (χ1n) is 6.13. The Morgan fingerprint density at radius 1 is 1.47 bits per heavy atom. The van der Waals surface area contributed by atoms with Crippen LogP contribution < -0.4 is 10.2 Å².